The van der Waals surface area contributed by atoms with Gasteiger partial charge >= 0.3 is 0 Å². The molecule has 7 heteroatoms. The van der Waals surface area contributed by atoms with Crippen molar-refractivity contribution in [2.45, 2.75) is 18.9 Å². The van der Waals surface area contributed by atoms with E-state index in [0.29, 0.717) is 32.8 Å². The summed E-state index contributed by atoms with van der Waals surface area (Å²) in [5.74, 6) is 1.02. The third kappa shape index (κ3) is 2.82. The number of nitrogens with one attached hydrogen (secondary N) is 1. The summed E-state index contributed by atoms with van der Waals surface area (Å²) < 4.78 is 6.53. The molecule has 1 atom stereocenters. The molecule has 26 heavy (non-hydrogen) atoms. The summed E-state index contributed by atoms with van der Waals surface area (Å²) in [5.41, 5.74) is 1.79. The first-order valence-electron chi connectivity index (χ1n) is 8.86. The number of oxazole rings is 1. The molecular formula is C19H18ClN3O2S. The first kappa shape index (κ1) is 16.3. The monoisotopic (exact) mass is 387 g/mol. The number of hydrogen-bond acceptors (Lipinski definition) is 5. The molecule has 134 valence electrons. The van der Waals surface area contributed by atoms with Crippen LogP contribution in [0.15, 0.2) is 34.7 Å². The second-order valence-corrected chi connectivity index (χ2v) is 8.71. The lowest BCUT2D eigenvalue weighted by atomic mass is 9.84. The highest BCUT2D eigenvalue weighted by Crippen LogP contribution is 2.33. The van der Waals surface area contributed by atoms with E-state index in [1.807, 2.05) is 30.3 Å². The minimum Gasteiger partial charge on any atom is -0.435 e. The Balaban J connectivity index is 1.44. The molecule has 6 rings (SSSR count). The third-order valence-corrected chi connectivity index (χ3v) is 6.64. The highest BCUT2D eigenvalue weighted by Gasteiger charge is 2.35. The van der Waals surface area contributed by atoms with Gasteiger partial charge in [-0.25, -0.2) is 4.98 Å². The minimum atomic E-state index is -0.0709. The summed E-state index contributed by atoms with van der Waals surface area (Å²) in [7, 11) is 0. The van der Waals surface area contributed by atoms with Crippen molar-refractivity contribution in [1.82, 2.24) is 15.2 Å². The second-order valence-electron chi connectivity index (χ2n) is 6.99. The lowest BCUT2D eigenvalue weighted by molar-refractivity contribution is 0.0621. The van der Waals surface area contributed by atoms with Gasteiger partial charge in [0.2, 0.25) is 5.89 Å². The molecular weight excluding hydrogens is 370 g/mol. The molecule has 3 saturated heterocycles. The fraction of sp³-hybridized carbons (Fsp3) is 0.368. The van der Waals surface area contributed by atoms with Crippen LogP contribution in [0.3, 0.4) is 0 Å². The van der Waals surface area contributed by atoms with E-state index in [-0.39, 0.29) is 11.9 Å². The number of rotatable bonds is 3. The molecule has 0 saturated carbocycles. The number of para-hydroxylation sites is 1. The van der Waals surface area contributed by atoms with Crippen LogP contribution in [0.25, 0.3) is 21.9 Å². The van der Waals surface area contributed by atoms with Crippen molar-refractivity contribution in [3.8, 4) is 10.8 Å². The molecule has 1 aromatic carbocycles. The number of aromatic nitrogens is 1. The van der Waals surface area contributed by atoms with Crippen LogP contribution in [0.1, 0.15) is 23.2 Å². The maximum atomic E-state index is 12.9. The van der Waals surface area contributed by atoms with Crippen molar-refractivity contribution >= 4 is 39.9 Å². The lowest BCUT2D eigenvalue weighted by Gasteiger charge is -2.44. The lowest BCUT2D eigenvalue weighted by Crippen LogP contribution is -2.57. The van der Waals surface area contributed by atoms with Gasteiger partial charge in [0.05, 0.1) is 14.8 Å². The van der Waals surface area contributed by atoms with Crippen molar-refractivity contribution in [3.05, 3.63) is 40.2 Å². The average Bonchev–Trinajstić information content (AvgIpc) is 3.28. The second kappa shape index (κ2) is 6.37. The first-order chi connectivity index (χ1) is 12.7. The Morgan fingerprint density at radius 2 is 2.12 bits per heavy atom. The van der Waals surface area contributed by atoms with Gasteiger partial charge in [-0.15, -0.1) is 11.3 Å². The molecule has 3 aliphatic heterocycles. The normalized spacial score (nSPS) is 24.9. The zero-order valence-electron chi connectivity index (χ0n) is 14.1. The largest absolute Gasteiger partial charge is 0.435 e. The summed E-state index contributed by atoms with van der Waals surface area (Å²) in [4.78, 5) is 20.8. The molecule has 2 aromatic heterocycles. The van der Waals surface area contributed by atoms with E-state index in [9.17, 15) is 4.79 Å². The molecule has 3 aromatic rings. The molecule has 1 unspecified atom stereocenters. The number of halogens is 1. The molecule has 1 amide bonds. The summed E-state index contributed by atoms with van der Waals surface area (Å²) >= 11 is 7.42. The number of amides is 1. The average molecular weight is 388 g/mol. The van der Waals surface area contributed by atoms with Crippen molar-refractivity contribution in [3.63, 3.8) is 0 Å². The molecule has 0 spiro atoms. The van der Waals surface area contributed by atoms with Crippen LogP contribution in [-0.4, -0.2) is 41.5 Å². The first-order valence-corrected chi connectivity index (χ1v) is 10.1. The molecule has 0 aliphatic carbocycles. The Morgan fingerprint density at radius 1 is 1.27 bits per heavy atom. The third-order valence-electron chi connectivity index (χ3n) is 5.42. The maximum Gasteiger partial charge on any atom is 0.253 e. The van der Waals surface area contributed by atoms with Crippen LogP contribution in [0.2, 0.25) is 4.34 Å². The number of fused-ring (bicyclic) bond motifs is 4. The van der Waals surface area contributed by atoms with Crippen molar-refractivity contribution in [2.75, 3.05) is 19.6 Å². The Labute approximate surface area is 160 Å². The zero-order valence-corrected chi connectivity index (χ0v) is 15.6. The number of carbonyl (C=O) groups is 1. The standard InChI is InChI=1S/C19H18ClN3O2S/c20-16-5-4-15(26-16)19-22-17-12(2-1-3-14(17)25-19)18(24)21-13-10-23-8-6-11(13)7-9-23/h1-5,11,13H,6-10H2,(H,21,24). The topological polar surface area (TPSA) is 58.4 Å². The van der Waals surface area contributed by atoms with E-state index in [4.69, 9.17) is 16.0 Å². The minimum absolute atomic E-state index is 0.0709. The maximum absolute atomic E-state index is 12.9. The Bertz CT molecular complexity index is 974. The van der Waals surface area contributed by atoms with Crippen molar-refractivity contribution in [1.29, 1.82) is 0 Å². The number of benzene rings is 1. The fourth-order valence-corrected chi connectivity index (χ4v) is 5.01. The number of hydrogen-bond donors (Lipinski definition) is 1. The van der Waals surface area contributed by atoms with E-state index in [2.05, 4.69) is 15.2 Å². The number of piperidine rings is 3. The van der Waals surface area contributed by atoms with E-state index in [1.54, 1.807) is 0 Å². The fourth-order valence-electron chi connectivity index (χ4n) is 4.04. The predicted octanol–water partition coefficient (Wildman–Crippen LogP) is 4.03. The van der Waals surface area contributed by atoms with Crippen LogP contribution in [0.5, 0.6) is 0 Å². The molecule has 5 heterocycles. The van der Waals surface area contributed by atoms with Crippen LogP contribution in [-0.2, 0) is 0 Å². The summed E-state index contributed by atoms with van der Waals surface area (Å²) in [6.45, 7) is 3.26. The molecule has 3 aliphatic rings. The quantitative estimate of drug-likeness (QED) is 0.737. The zero-order chi connectivity index (χ0) is 17.7. The van der Waals surface area contributed by atoms with Gasteiger partial charge in [0, 0.05) is 12.6 Å². The van der Waals surface area contributed by atoms with Gasteiger partial charge in [0.25, 0.3) is 5.91 Å². The molecule has 2 bridgehead atoms. The van der Waals surface area contributed by atoms with Gasteiger partial charge < -0.3 is 14.6 Å². The van der Waals surface area contributed by atoms with Crippen molar-refractivity contribution in [2.24, 2.45) is 5.92 Å². The molecule has 0 radical (unpaired) electrons. The van der Waals surface area contributed by atoms with Crippen molar-refractivity contribution < 1.29 is 9.21 Å². The molecule has 1 N–H and O–H groups in total. The van der Waals surface area contributed by atoms with Gasteiger partial charge in [0.1, 0.15) is 5.52 Å². The van der Waals surface area contributed by atoms with Crippen LogP contribution < -0.4 is 5.32 Å². The van der Waals surface area contributed by atoms with Gasteiger partial charge in [-0.1, -0.05) is 17.7 Å². The Kier molecular flexibility index (Phi) is 3.99. The Morgan fingerprint density at radius 3 is 2.81 bits per heavy atom. The summed E-state index contributed by atoms with van der Waals surface area (Å²) in [5, 5.41) is 3.23. The summed E-state index contributed by atoms with van der Waals surface area (Å²) in [6, 6.07) is 9.41. The van der Waals surface area contributed by atoms with E-state index in [1.165, 1.54) is 24.2 Å². The van der Waals surface area contributed by atoms with E-state index in [0.717, 1.165) is 24.5 Å². The smallest absolute Gasteiger partial charge is 0.253 e. The highest BCUT2D eigenvalue weighted by atomic mass is 35.5. The summed E-state index contributed by atoms with van der Waals surface area (Å²) in [6.07, 6.45) is 2.34. The number of nitrogens with zero attached hydrogens (tertiary/aromatic N) is 2. The van der Waals surface area contributed by atoms with Gasteiger partial charge in [0.15, 0.2) is 5.58 Å². The Hall–Kier alpha value is -1.89. The number of thiophene rings is 1. The van der Waals surface area contributed by atoms with E-state index < -0.39 is 0 Å². The number of carbonyl (C=O) groups excluding carboxylic acids is 1. The predicted molar refractivity (Wildman–Crippen MR) is 103 cm³/mol. The molecule has 3 fully saturated rings. The van der Waals surface area contributed by atoms with Gasteiger partial charge in [-0.2, -0.15) is 0 Å². The van der Waals surface area contributed by atoms with Gasteiger partial charge in [-0.05, 0) is 56.1 Å². The van der Waals surface area contributed by atoms with E-state index >= 15 is 0 Å². The highest BCUT2D eigenvalue weighted by molar-refractivity contribution is 7.19. The van der Waals surface area contributed by atoms with Gasteiger partial charge in [-0.3, -0.25) is 4.79 Å². The van der Waals surface area contributed by atoms with Crippen LogP contribution in [0.4, 0.5) is 0 Å². The van der Waals surface area contributed by atoms with Crippen LogP contribution in [0, 0.1) is 5.92 Å². The SMILES string of the molecule is O=C(NC1CN2CCC1CC2)c1cccc2oc(-c3ccc(Cl)s3)nc12. The van der Waals surface area contributed by atoms with Crippen LogP contribution >= 0.6 is 22.9 Å². The molecule has 5 nitrogen and oxygen atoms in total.